The first-order chi connectivity index (χ1) is 8.72. The van der Waals surface area contributed by atoms with E-state index in [0.717, 1.165) is 15.2 Å². The van der Waals surface area contributed by atoms with Gasteiger partial charge in [0.2, 0.25) is 5.78 Å². The highest BCUT2D eigenvalue weighted by Gasteiger charge is 2.14. The molecular formula is C13H8ClNO2S. The van der Waals surface area contributed by atoms with E-state index in [2.05, 4.69) is 4.98 Å². The van der Waals surface area contributed by atoms with Gasteiger partial charge in [0, 0.05) is 0 Å². The average Bonchev–Trinajstić information content (AvgIpc) is 2.94. The number of Topliss-reactive ketones (excluding diaryl/α,β-unsaturated/α-hetero) is 1. The summed E-state index contributed by atoms with van der Waals surface area (Å²) in [6, 6.07) is 11.0. The molecule has 0 saturated carbocycles. The molecule has 0 atom stereocenters. The van der Waals surface area contributed by atoms with Crippen LogP contribution in [0, 0.1) is 0 Å². The summed E-state index contributed by atoms with van der Waals surface area (Å²) in [6.07, 6.45) is 0.239. The van der Waals surface area contributed by atoms with E-state index in [4.69, 9.17) is 16.0 Å². The number of ketones is 1. The third-order valence-electron chi connectivity index (χ3n) is 2.50. The summed E-state index contributed by atoms with van der Waals surface area (Å²) < 4.78 is 6.17. The molecule has 0 aliphatic heterocycles. The summed E-state index contributed by atoms with van der Waals surface area (Å²) in [7, 11) is 0. The number of carbonyl (C=O) groups is 1. The highest BCUT2D eigenvalue weighted by molar-refractivity contribution is 7.18. The number of carbonyl (C=O) groups excluding carboxylic acids is 1. The zero-order valence-electron chi connectivity index (χ0n) is 9.22. The molecule has 0 aliphatic carbocycles. The lowest BCUT2D eigenvalue weighted by Gasteiger charge is -1.92. The Hall–Kier alpha value is -1.65. The maximum absolute atomic E-state index is 11.9. The maximum Gasteiger partial charge on any atom is 0.204 e. The molecule has 0 fully saturated rings. The zero-order chi connectivity index (χ0) is 12.5. The normalized spacial score (nSPS) is 10.9. The van der Waals surface area contributed by atoms with E-state index in [0.29, 0.717) is 0 Å². The number of para-hydroxylation sites is 1. The number of furan rings is 1. The molecule has 0 spiro atoms. The van der Waals surface area contributed by atoms with E-state index >= 15 is 0 Å². The van der Waals surface area contributed by atoms with Gasteiger partial charge in [-0.25, -0.2) is 4.98 Å². The third-order valence-corrected chi connectivity index (χ3v) is 3.74. The fourth-order valence-corrected chi connectivity index (χ4v) is 2.80. The van der Waals surface area contributed by atoms with Crippen molar-refractivity contribution in [2.45, 2.75) is 6.42 Å². The minimum absolute atomic E-state index is 0.110. The lowest BCUT2D eigenvalue weighted by atomic mass is 10.2. The first kappa shape index (κ1) is 11.4. The number of hydrogen-bond acceptors (Lipinski definition) is 4. The predicted octanol–water partition coefficient (Wildman–Crippen LogP) is 3.97. The summed E-state index contributed by atoms with van der Waals surface area (Å²) in [5.41, 5.74) is 0.919. The van der Waals surface area contributed by atoms with Gasteiger partial charge < -0.3 is 4.42 Å². The van der Waals surface area contributed by atoms with E-state index in [1.807, 2.05) is 24.3 Å². The second-order valence-corrected chi connectivity index (χ2v) is 5.27. The number of hydrogen-bond donors (Lipinski definition) is 0. The van der Waals surface area contributed by atoms with Crippen LogP contribution in [0.4, 0.5) is 0 Å². The van der Waals surface area contributed by atoms with Crippen molar-refractivity contribution in [2.75, 3.05) is 0 Å². The minimum atomic E-state index is -0.110. The lowest BCUT2D eigenvalue weighted by Crippen LogP contribution is -2.01. The van der Waals surface area contributed by atoms with E-state index in [1.54, 1.807) is 12.1 Å². The summed E-state index contributed by atoms with van der Waals surface area (Å²) >= 11 is 7.16. The molecule has 3 rings (SSSR count). The monoisotopic (exact) mass is 277 g/mol. The lowest BCUT2D eigenvalue weighted by molar-refractivity contribution is 0.0966. The number of nitrogens with zero attached hydrogens (tertiary/aromatic N) is 1. The standard InChI is InChI=1S/C13H8ClNO2S/c14-12-6-5-10(17-12)9(16)7-13-15-8-3-1-2-4-11(8)18-13/h1-6H,7H2. The number of thiazole rings is 1. The molecule has 18 heavy (non-hydrogen) atoms. The van der Waals surface area contributed by atoms with Crippen LogP contribution in [0.15, 0.2) is 40.8 Å². The van der Waals surface area contributed by atoms with Gasteiger partial charge in [-0.15, -0.1) is 11.3 Å². The van der Waals surface area contributed by atoms with Crippen molar-refractivity contribution in [3.05, 3.63) is 52.4 Å². The summed E-state index contributed by atoms with van der Waals surface area (Å²) in [4.78, 5) is 16.3. The van der Waals surface area contributed by atoms with Crippen molar-refractivity contribution in [3.8, 4) is 0 Å². The summed E-state index contributed by atoms with van der Waals surface area (Å²) in [5, 5.41) is 1.01. The predicted molar refractivity (Wildman–Crippen MR) is 71.4 cm³/mol. The van der Waals surface area contributed by atoms with Gasteiger partial charge in [0.25, 0.3) is 0 Å². The van der Waals surface area contributed by atoms with Crippen LogP contribution in [0.5, 0.6) is 0 Å². The minimum Gasteiger partial charge on any atom is -0.442 e. The van der Waals surface area contributed by atoms with E-state index in [9.17, 15) is 4.79 Å². The van der Waals surface area contributed by atoms with Gasteiger partial charge in [-0.05, 0) is 35.9 Å². The van der Waals surface area contributed by atoms with Gasteiger partial charge in [0.1, 0.15) is 5.01 Å². The molecule has 0 radical (unpaired) electrons. The Morgan fingerprint density at radius 3 is 2.83 bits per heavy atom. The largest absolute Gasteiger partial charge is 0.442 e. The molecule has 0 bridgehead atoms. The first-order valence-corrected chi connectivity index (χ1v) is 6.55. The second-order valence-electron chi connectivity index (χ2n) is 3.78. The van der Waals surface area contributed by atoms with Crippen molar-refractivity contribution in [2.24, 2.45) is 0 Å². The highest BCUT2D eigenvalue weighted by atomic mass is 35.5. The van der Waals surface area contributed by atoms with E-state index in [-0.39, 0.29) is 23.2 Å². The van der Waals surface area contributed by atoms with Crippen molar-refractivity contribution in [1.82, 2.24) is 4.98 Å². The van der Waals surface area contributed by atoms with Crippen molar-refractivity contribution >= 4 is 38.9 Å². The quantitative estimate of drug-likeness (QED) is 0.680. The number of benzene rings is 1. The topological polar surface area (TPSA) is 43.1 Å². The Morgan fingerprint density at radius 2 is 2.11 bits per heavy atom. The van der Waals surface area contributed by atoms with Gasteiger partial charge in [-0.1, -0.05) is 12.1 Å². The van der Waals surface area contributed by atoms with Crippen LogP contribution in [0.3, 0.4) is 0 Å². The van der Waals surface area contributed by atoms with Crippen LogP contribution in [0.1, 0.15) is 15.6 Å². The summed E-state index contributed by atoms with van der Waals surface area (Å²) in [6.45, 7) is 0. The molecule has 3 nitrogen and oxygen atoms in total. The fourth-order valence-electron chi connectivity index (χ4n) is 1.68. The molecule has 0 unspecified atom stereocenters. The zero-order valence-corrected chi connectivity index (χ0v) is 10.8. The number of rotatable bonds is 3. The molecule has 90 valence electrons. The molecule has 1 aromatic carbocycles. The second kappa shape index (κ2) is 4.55. The van der Waals surface area contributed by atoms with E-state index < -0.39 is 0 Å². The SMILES string of the molecule is O=C(Cc1nc2ccccc2s1)c1ccc(Cl)o1. The Labute approximate surface area is 112 Å². The van der Waals surface area contributed by atoms with Gasteiger partial charge in [0.05, 0.1) is 16.6 Å². The molecule has 2 heterocycles. The smallest absolute Gasteiger partial charge is 0.204 e. The fraction of sp³-hybridized carbons (Fsp3) is 0.0769. The van der Waals surface area contributed by atoms with Crippen molar-refractivity contribution in [1.29, 1.82) is 0 Å². The average molecular weight is 278 g/mol. The number of halogens is 1. The number of fused-ring (bicyclic) bond motifs is 1. The molecular weight excluding hydrogens is 270 g/mol. The number of aromatic nitrogens is 1. The Bertz CT molecular complexity index is 683. The maximum atomic E-state index is 11.9. The van der Waals surface area contributed by atoms with Crippen LogP contribution in [0.2, 0.25) is 5.22 Å². The first-order valence-electron chi connectivity index (χ1n) is 5.35. The van der Waals surface area contributed by atoms with Gasteiger partial charge in [0.15, 0.2) is 11.0 Å². The Morgan fingerprint density at radius 1 is 1.28 bits per heavy atom. The van der Waals surface area contributed by atoms with Gasteiger partial charge >= 0.3 is 0 Å². The molecule has 0 N–H and O–H groups in total. The van der Waals surface area contributed by atoms with Crippen LogP contribution in [-0.2, 0) is 6.42 Å². The Balaban J connectivity index is 1.86. The Kier molecular flexibility index (Phi) is 2.89. The molecule has 0 amide bonds. The molecule has 0 saturated heterocycles. The van der Waals surface area contributed by atoms with Crippen LogP contribution in [0.25, 0.3) is 10.2 Å². The molecule has 3 aromatic rings. The molecule has 2 aromatic heterocycles. The van der Waals surface area contributed by atoms with Crippen LogP contribution < -0.4 is 0 Å². The highest BCUT2D eigenvalue weighted by Crippen LogP contribution is 2.23. The molecule has 5 heteroatoms. The molecule has 0 aliphatic rings. The van der Waals surface area contributed by atoms with Crippen molar-refractivity contribution < 1.29 is 9.21 Å². The van der Waals surface area contributed by atoms with Crippen LogP contribution in [-0.4, -0.2) is 10.8 Å². The van der Waals surface area contributed by atoms with Crippen LogP contribution >= 0.6 is 22.9 Å². The summed E-state index contributed by atoms with van der Waals surface area (Å²) in [5.74, 6) is 0.167. The van der Waals surface area contributed by atoms with E-state index in [1.165, 1.54) is 11.3 Å². The van der Waals surface area contributed by atoms with Crippen molar-refractivity contribution in [3.63, 3.8) is 0 Å². The third kappa shape index (κ3) is 2.17. The van der Waals surface area contributed by atoms with Gasteiger partial charge in [-0.3, -0.25) is 4.79 Å². The van der Waals surface area contributed by atoms with Gasteiger partial charge in [-0.2, -0.15) is 0 Å².